The molecule has 43 heavy (non-hydrogen) atoms. The fraction of sp³-hybridized carbons (Fsp3) is 0.176. The van der Waals surface area contributed by atoms with Crippen LogP contribution in [0.3, 0.4) is 0 Å². The molecule has 1 atom stereocenters. The smallest absolute Gasteiger partial charge is 0.299 e. The molecule has 1 aliphatic heterocycles. The third-order valence-electron chi connectivity index (χ3n) is 7.47. The number of ketones is 1. The number of halogens is 1. The van der Waals surface area contributed by atoms with E-state index in [1.165, 1.54) is 29.2 Å². The van der Waals surface area contributed by atoms with Crippen LogP contribution in [-0.4, -0.2) is 49.0 Å². The molecule has 0 bridgehead atoms. The van der Waals surface area contributed by atoms with Gasteiger partial charge in [0.2, 0.25) is 5.91 Å². The van der Waals surface area contributed by atoms with Gasteiger partial charge in [0.15, 0.2) is 0 Å². The molecule has 0 aromatic heterocycles. The van der Waals surface area contributed by atoms with Gasteiger partial charge < -0.3 is 15.1 Å². The van der Waals surface area contributed by atoms with Gasteiger partial charge in [-0.3, -0.25) is 24.1 Å². The minimum absolute atomic E-state index is 0.00268. The summed E-state index contributed by atoms with van der Waals surface area (Å²) >= 11 is 0. The number of hydrogen-bond donors (Lipinski definition) is 1. The van der Waals surface area contributed by atoms with E-state index in [1.807, 2.05) is 62.3 Å². The van der Waals surface area contributed by atoms with Gasteiger partial charge in [-0.1, -0.05) is 48.5 Å². The maximum Gasteiger partial charge on any atom is 0.299 e. The van der Waals surface area contributed by atoms with Gasteiger partial charge in [0, 0.05) is 32.0 Å². The lowest BCUT2D eigenvalue weighted by Crippen LogP contribution is -2.46. The summed E-state index contributed by atoms with van der Waals surface area (Å²) in [7, 11) is 3.80. The Balaban J connectivity index is 1.55. The third kappa shape index (κ3) is 6.16. The largest absolute Gasteiger partial charge is 0.378 e. The lowest BCUT2D eigenvalue weighted by molar-refractivity contribution is -0.139. The molecule has 0 spiro atoms. The first kappa shape index (κ1) is 29.2. The number of fused-ring (bicyclic) bond motifs is 1. The van der Waals surface area contributed by atoms with Gasteiger partial charge in [0.1, 0.15) is 18.4 Å². The number of benzene rings is 4. The maximum absolute atomic E-state index is 14.6. The molecule has 0 radical (unpaired) electrons. The fourth-order valence-corrected chi connectivity index (χ4v) is 5.13. The van der Waals surface area contributed by atoms with E-state index in [4.69, 9.17) is 0 Å². The Morgan fingerprint density at radius 3 is 2.28 bits per heavy atom. The van der Waals surface area contributed by atoms with E-state index in [1.54, 1.807) is 36.4 Å². The molecule has 1 heterocycles. The highest BCUT2D eigenvalue weighted by molar-refractivity contribution is 6.52. The first-order valence-corrected chi connectivity index (χ1v) is 13.8. The molecule has 4 aromatic carbocycles. The van der Waals surface area contributed by atoms with Crippen molar-refractivity contribution in [2.24, 2.45) is 0 Å². The zero-order valence-corrected chi connectivity index (χ0v) is 24.1. The van der Waals surface area contributed by atoms with Gasteiger partial charge in [-0.25, -0.2) is 4.39 Å². The van der Waals surface area contributed by atoms with Crippen molar-refractivity contribution in [3.05, 3.63) is 125 Å². The molecular weight excluding hydrogens is 547 g/mol. The molecule has 218 valence electrons. The standard InChI is InChI=1S/C34H31FN4O4/c1-22-9-4-5-10-24(22)20-39(30(40)21-38-29-14-7-6-13-28(29)32(41)34(38)43)31(23-11-8-12-25(35)19-23)33(42)36-26-15-17-27(18-16-26)37(2)3/h4-19,31H,20-21H2,1-3H3,(H,36,42). The topological polar surface area (TPSA) is 90.0 Å². The Morgan fingerprint density at radius 1 is 0.884 bits per heavy atom. The van der Waals surface area contributed by atoms with Crippen molar-refractivity contribution in [3.63, 3.8) is 0 Å². The van der Waals surface area contributed by atoms with Gasteiger partial charge in [-0.15, -0.1) is 0 Å². The zero-order chi connectivity index (χ0) is 30.7. The average molecular weight is 579 g/mol. The Morgan fingerprint density at radius 2 is 1.58 bits per heavy atom. The molecule has 0 saturated carbocycles. The first-order valence-electron chi connectivity index (χ1n) is 13.8. The summed E-state index contributed by atoms with van der Waals surface area (Å²) in [6.45, 7) is 1.40. The Bertz CT molecular complexity index is 1700. The number of aryl methyl sites for hydroxylation is 1. The molecule has 5 rings (SSSR count). The number of nitrogens with zero attached hydrogens (tertiary/aromatic N) is 3. The Labute approximate surface area is 249 Å². The minimum atomic E-state index is -1.26. The number of anilines is 3. The predicted molar refractivity (Wildman–Crippen MR) is 163 cm³/mol. The van der Waals surface area contributed by atoms with Gasteiger partial charge in [0.25, 0.3) is 17.6 Å². The van der Waals surface area contributed by atoms with E-state index in [9.17, 15) is 23.6 Å². The normalized spacial score (nSPS) is 13.0. The van der Waals surface area contributed by atoms with Crippen LogP contribution >= 0.6 is 0 Å². The van der Waals surface area contributed by atoms with Crippen LogP contribution < -0.4 is 15.1 Å². The van der Waals surface area contributed by atoms with Crippen LogP contribution in [0.5, 0.6) is 0 Å². The summed E-state index contributed by atoms with van der Waals surface area (Å²) in [5, 5.41) is 2.88. The molecule has 0 saturated heterocycles. The number of hydrogen-bond acceptors (Lipinski definition) is 5. The number of nitrogens with one attached hydrogen (secondary N) is 1. The quantitative estimate of drug-likeness (QED) is 0.278. The van der Waals surface area contributed by atoms with Crippen molar-refractivity contribution >= 4 is 40.6 Å². The van der Waals surface area contributed by atoms with Crippen molar-refractivity contribution in [1.29, 1.82) is 0 Å². The van der Waals surface area contributed by atoms with E-state index in [-0.39, 0.29) is 17.7 Å². The molecule has 8 nitrogen and oxygen atoms in total. The fourth-order valence-electron chi connectivity index (χ4n) is 5.13. The van der Waals surface area contributed by atoms with Gasteiger partial charge >= 0.3 is 0 Å². The van der Waals surface area contributed by atoms with E-state index in [2.05, 4.69) is 5.32 Å². The molecule has 1 aliphatic rings. The highest BCUT2D eigenvalue weighted by Crippen LogP contribution is 2.31. The first-order chi connectivity index (χ1) is 20.6. The van der Waals surface area contributed by atoms with Crippen molar-refractivity contribution in [2.45, 2.75) is 19.5 Å². The number of carbonyl (C=O) groups excluding carboxylic acids is 4. The van der Waals surface area contributed by atoms with Crippen molar-refractivity contribution in [2.75, 3.05) is 35.8 Å². The second-order valence-electron chi connectivity index (χ2n) is 10.6. The van der Waals surface area contributed by atoms with Gasteiger partial charge in [-0.05, 0) is 72.1 Å². The van der Waals surface area contributed by atoms with Crippen LogP contribution in [0, 0.1) is 12.7 Å². The number of para-hydroxylation sites is 1. The molecule has 1 N–H and O–H groups in total. The zero-order valence-electron chi connectivity index (χ0n) is 24.1. The number of amides is 3. The van der Waals surface area contributed by atoms with E-state index < -0.39 is 41.9 Å². The monoisotopic (exact) mass is 578 g/mol. The van der Waals surface area contributed by atoms with Crippen LogP contribution in [0.25, 0.3) is 0 Å². The molecule has 3 amide bonds. The van der Waals surface area contributed by atoms with Crippen LogP contribution in [-0.2, 0) is 20.9 Å². The van der Waals surface area contributed by atoms with E-state index >= 15 is 0 Å². The second kappa shape index (κ2) is 12.3. The van der Waals surface area contributed by atoms with Crippen LogP contribution in [0.1, 0.15) is 33.1 Å². The summed E-state index contributed by atoms with van der Waals surface area (Å²) in [5.74, 6) is -3.24. The minimum Gasteiger partial charge on any atom is -0.378 e. The summed E-state index contributed by atoms with van der Waals surface area (Å²) in [4.78, 5) is 58.2. The third-order valence-corrected chi connectivity index (χ3v) is 7.47. The molecule has 1 unspecified atom stereocenters. The lowest BCUT2D eigenvalue weighted by atomic mass is 10.0. The molecular formula is C34H31FN4O4. The predicted octanol–water partition coefficient (Wildman–Crippen LogP) is 5.14. The summed E-state index contributed by atoms with van der Waals surface area (Å²) in [6.07, 6.45) is 0. The number of Topliss-reactive ketones (excluding diaryl/α,β-unsaturated/α-hetero) is 1. The molecule has 0 fully saturated rings. The van der Waals surface area contributed by atoms with Gasteiger partial charge in [-0.2, -0.15) is 0 Å². The average Bonchev–Trinajstić information content (AvgIpc) is 3.23. The van der Waals surface area contributed by atoms with Crippen molar-refractivity contribution in [1.82, 2.24) is 4.90 Å². The summed E-state index contributed by atoms with van der Waals surface area (Å²) in [6, 6.07) is 25.3. The van der Waals surface area contributed by atoms with Crippen LogP contribution in [0.15, 0.2) is 97.1 Å². The Hall–Kier alpha value is -5.31. The summed E-state index contributed by atoms with van der Waals surface area (Å²) in [5.41, 5.74) is 3.88. The lowest BCUT2D eigenvalue weighted by Gasteiger charge is -2.33. The van der Waals surface area contributed by atoms with E-state index in [0.717, 1.165) is 21.7 Å². The number of carbonyl (C=O) groups is 4. The van der Waals surface area contributed by atoms with Crippen LogP contribution in [0.4, 0.5) is 21.5 Å². The number of rotatable bonds is 9. The van der Waals surface area contributed by atoms with Crippen LogP contribution in [0.2, 0.25) is 0 Å². The highest BCUT2D eigenvalue weighted by Gasteiger charge is 2.39. The maximum atomic E-state index is 14.6. The van der Waals surface area contributed by atoms with Crippen molar-refractivity contribution in [3.8, 4) is 0 Å². The molecule has 0 aliphatic carbocycles. The van der Waals surface area contributed by atoms with Crippen molar-refractivity contribution < 1.29 is 23.6 Å². The second-order valence-corrected chi connectivity index (χ2v) is 10.6. The highest BCUT2D eigenvalue weighted by atomic mass is 19.1. The van der Waals surface area contributed by atoms with E-state index in [0.29, 0.717) is 11.4 Å². The summed E-state index contributed by atoms with van der Waals surface area (Å²) < 4.78 is 14.6. The van der Waals surface area contributed by atoms with Gasteiger partial charge in [0.05, 0.1) is 11.3 Å². The molecule has 9 heteroatoms. The molecule has 4 aromatic rings. The SMILES string of the molecule is Cc1ccccc1CN(C(=O)CN1C(=O)C(=O)c2ccccc21)C(C(=O)Nc1ccc(N(C)C)cc1)c1cccc(F)c1. The Kier molecular flexibility index (Phi) is 8.34.